The monoisotopic (exact) mass is 1280 g/mol. The number of rotatable bonds is 55. The van der Waals surface area contributed by atoms with Gasteiger partial charge >= 0.3 is 0 Å². The summed E-state index contributed by atoms with van der Waals surface area (Å²) in [5.74, 6) is -0.278. The van der Waals surface area contributed by atoms with Gasteiger partial charge < -0.3 is 89.9 Å². The van der Waals surface area contributed by atoms with E-state index in [0.29, 0.717) is 6.42 Å². The highest BCUT2D eigenvalue weighted by molar-refractivity contribution is 5.76. The Bertz CT molecular complexity index is 1820. The highest BCUT2D eigenvalue weighted by Crippen LogP contribution is 2.33. The fourth-order valence-electron chi connectivity index (χ4n) is 12.0. The third-order valence-corrected chi connectivity index (χ3v) is 17.9. The maximum absolute atomic E-state index is 13.3. The maximum Gasteiger partial charge on any atom is 0.220 e. The van der Waals surface area contributed by atoms with Crippen molar-refractivity contribution in [3.8, 4) is 0 Å². The molecule has 3 heterocycles. The average Bonchev–Trinajstić information content (AvgIpc) is 2.33. The van der Waals surface area contributed by atoms with E-state index in [1.165, 1.54) is 173 Å². The zero-order valence-corrected chi connectivity index (χ0v) is 55.6. The van der Waals surface area contributed by atoms with Crippen LogP contribution in [0.4, 0.5) is 0 Å². The first-order valence-electron chi connectivity index (χ1n) is 35.9. The molecular weight excluding hydrogens is 1150 g/mol. The van der Waals surface area contributed by atoms with Gasteiger partial charge in [0.25, 0.3) is 0 Å². The van der Waals surface area contributed by atoms with Crippen LogP contribution in [0.2, 0.25) is 0 Å². The molecule has 0 aromatic rings. The minimum absolute atomic E-state index is 0.245. The molecule has 3 aliphatic heterocycles. The smallest absolute Gasteiger partial charge is 0.220 e. The van der Waals surface area contributed by atoms with Crippen molar-refractivity contribution in [1.29, 1.82) is 0 Å². The summed E-state index contributed by atoms with van der Waals surface area (Å²) in [4.78, 5) is 13.3. The van der Waals surface area contributed by atoms with Crippen LogP contribution >= 0.6 is 0 Å². The summed E-state index contributed by atoms with van der Waals surface area (Å²) >= 11 is 0. The second kappa shape index (κ2) is 53.0. The first kappa shape index (κ1) is 82.0. The summed E-state index contributed by atoms with van der Waals surface area (Å²) in [6.45, 7) is 1.62. The lowest BCUT2D eigenvalue weighted by molar-refractivity contribution is -0.379. The number of carbonyl (C=O) groups excluding carboxylic acids is 1. The lowest BCUT2D eigenvalue weighted by Crippen LogP contribution is -2.66. The molecule has 0 radical (unpaired) electrons. The van der Waals surface area contributed by atoms with Crippen LogP contribution in [0, 0.1) is 0 Å². The first-order valence-corrected chi connectivity index (χ1v) is 35.9. The predicted molar refractivity (Wildman–Crippen MR) is 351 cm³/mol. The van der Waals surface area contributed by atoms with Gasteiger partial charge in [0.1, 0.15) is 73.2 Å². The van der Waals surface area contributed by atoms with E-state index < -0.39 is 124 Å². The third kappa shape index (κ3) is 34.4. The van der Waals surface area contributed by atoms with E-state index in [1.54, 1.807) is 6.08 Å². The SMILES string of the molecule is CCCCCC/C=C/C(O)C(COC1OC(CO)C(OC2OC(CO)C(OC3OC(CO)C(O)C(O)C3O)C(O)C2O)C(O)C1O)NC(=O)CCCCCCCCCCCCCCCCCCCCCCCCCC/C=C\C/C=C\C/C=C\CCCCCCC. The normalized spacial score (nSPS) is 28.3. The fourth-order valence-corrected chi connectivity index (χ4v) is 12.0. The van der Waals surface area contributed by atoms with E-state index in [4.69, 9.17) is 28.4 Å². The lowest BCUT2D eigenvalue weighted by Gasteiger charge is -2.48. The molecular formula is C71H129NO18. The molecule has 3 aliphatic rings. The van der Waals surface area contributed by atoms with Crippen LogP contribution in [0.5, 0.6) is 0 Å². The minimum atomic E-state index is -1.98. The Kier molecular flexibility index (Phi) is 48.2. The summed E-state index contributed by atoms with van der Waals surface area (Å²) < 4.78 is 34.2. The van der Waals surface area contributed by atoms with Gasteiger partial charge in [-0.25, -0.2) is 0 Å². The van der Waals surface area contributed by atoms with Gasteiger partial charge in [0.05, 0.1) is 38.6 Å². The van der Waals surface area contributed by atoms with E-state index in [9.17, 15) is 61.0 Å². The van der Waals surface area contributed by atoms with Crippen molar-refractivity contribution in [1.82, 2.24) is 5.32 Å². The van der Waals surface area contributed by atoms with Crippen molar-refractivity contribution in [2.24, 2.45) is 0 Å². The van der Waals surface area contributed by atoms with Gasteiger partial charge in [-0.3, -0.25) is 4.79 Å². The summed E-state index contributed by atoms with van der Waals surface area (Å²) in [5, 5.41) is 120. The highest BCUT2D eigenvalue weighted by atomic mass is 16.8. The molecule has 0 aromatic heterocycles. The number of amides is 1. The number of aliphatic hydroxyl groups excluding tert-OH is 11. The zero-order chi connectivity index (χ0) is 65.4. The van der Waals surface area contributed by atoms with Gasteiger partial charge in [-0.1, -0.05) is 249 Å². The largest absolute Gasteiger partial charge is 0.394 e. The van der Waals surface area contributed by atoms with Gasteiger partial charge in [-0.05, 0) is 57.8 Å². The van der Waals surface area contributed by atoms with Gasteiger partial charge in [-0.15, -0.1) is 0 Å². The van der Waals surface area contributed by atoms with Crippen molar-refractivity contribution < 1.29 is 89.4 Å². The van der Waals surface area contributed by atoms with Crippen molar-refractivity contribution in [2.45, 2.75) is 369 Å². The Labute approximate surface area is 542 Å². The Morgan fingerprint density at radius 2 is 0.733 bits per heavy atom. The van der Waals surface area contributed by atoms with Crippen LogP contribution in [0.1, 0.15) is 264 Å². The highest BCUT2D eigenvalue weighted by Gasteiger charge is 2.53. The molecule has 3 saturated heterocycles. The molecule has 17 unspecified atom stereocenters. The molecule has 0 saturated carbocycles. The Morgan fingerprint density at radius 1 is 0.400 bits per heavy atom. The molecule has 17 atom stereocenters. The standard InChI is InChI=1S/C71H129NO18/c1-3-5-7-9-11-12-13-14-15-16-17-18-19-20-21-22-23-24-25-26-27-28-29-30-31-32-33-34-35-36-37-38-39-40-41-42-43-45-47-49-59(77)72-54(55(76)48-46-44-10-8-6-4-2)53-85-69-65(83)62(80)67(57(51-74)87-69)90-71-66(84)63(81)68(58(52-75)88-71)89-70-64(82)61(79)60(78)56(50-73)86-70/h13-14,16-17,19-20,46,48,54-58,60-71,73-76,78-84H,3-12,15,18,21-45,47,49-53H2,1-2H3,(H,72,77)/b14-13-,17-16-,20-19-,48-46+. The number of hydrogen-bond donors (Lipinski definition) is 12. The summed E-state index contributed by atoms with van der Waals surface area (Å²) in [6, 6.07) is -0.968. The molecule has 0 aliphatic carbocycles. The molecule has 526 valence electrons. The molecule has 12 N–H and O–H groups in total. The Morgan fingerprint density at radius 3 is 1.16 bits per heavy atom. The van der Waals surface area contributed by atoms with Gasteiger partial charge in [0.2, 0.25) is 5.91 Å². The fraction of sp³-hybridized carbons (Fsp3) is 0.873. The zero-order valence-electron chi connectivity index (χ0n) is 55.6. The molecule has 19 heteroatoms. The summed E-state index contributed by atoms with van der Waals surface area (Å²) in [5.41, 5.74) is 0. The minimum Gasteiger partial charge on any atom is -0.394 e. The van der Waals surface area contributed by atoms with Crippen LogP contribution < -0.4 is 5.32 Å². The Hall–Kier alpha value is -2.25. The molecule has 0 spiro atoms. The molecule has 90 heavy (non-hydrogen) atoms. The predicted octanol–water partition coefficient (Wildman–Crippen LogP) is 9.78. The van der Waals surface area contributed by atoms with Crippen molar-refractivity contribution in [3.05, 3.63) is 48.6 Å². The number of allylic oxidation sites excluding steroid dienone is 7. The average molecular weight is 1280 g/mol. The number of hydrogen-bond acceptors (Lipinski definition) is 18. The summed E-state index contributed by atoms with van der Waals surface area (Å²) in [7, 11) is 0. The number of aliphatic hydroxyl groups is 11. The van der Waals surface area contributed by atoms with Gasteiger partial charge in [0, 0.05) is 6.42 Å². The first-order chi connectivity index (χ1) is 43.8. The topological polar surface area (TPSA) is 307 Å². The van der Waals surface area contributed by atoms with Crippen LogP contribution in [0.3, 0.4) is 0 Å². The maximum atomic E-state index is 13.3. The number of carbonyl (C=O) groups is 1. The van der Waals surface area contributed by atoms with Crippen LogP contribution in [-0.4, -0.2) is 193 Å². The van der Waals surface area contributed by atoms with Crippen molar-refractivity contribution in [2.75, 3.05) is 26.4 Å². The van der Waals surface area contributed by atoms with E-state index in [0.717, 1.165) is 64.2 Å². The van der Waals surface area contributed by atoms with E-state index >= 15 is 0 Å². The number of nitrogens with one attached hydrogen (secondary N) is 1. The molecule has 19 nitrogen and oxygen atoms in total. The molecule has 0 bridgehead atoms. The third-order valence-electron chi connectivity index (χ3n) is 17.9. The number of ether oxygens (including phenoxy) is 6. The number of unbranched alkanes of at least 4 members (excludes halogenated alkanes) is 33. The molecule has 0 aromatic carbocycles. The lowest BCUT2D eigenvalue weighted by atomic mass is 9.96. The van der Waals surface area contributed by atoms with Gasteiger partial charge in [-0.2, -0.15) is 0 Å². The molecule has 1 amide bonds. The second-order valence-corrected chi connectivity index (χ2v) is 25.7. The quantitative estimate of drug-likeness (QED) is 0.0199. The molecule has 3 rings (SSSR count). The van der Waals surface area contributed by atoms with Crippen molar-refractivity contribution in [3.63, 3.8) is 0 Å². The second-order valence-electron chi connectivity index (χ2n) is 25.7. The van der Waals surface area contributed by atoms with Crippen molar-refractivity contribution >= 4 is 5.91 Å². The van der Waals surface area contributed by atoms with Crippen LogP contribution in [-0.2, 0) is 33.2 Å². The Balaban J connectivity index is 1.23. The van der Waals surface area contributed by atoms with Crippen LogP contribution in [0.25, 0.3) is 0 Å². The van der Waals surface area contributed by atoms with Crippen LogP contribution in [0.15, 0.2) is 48.6 Å². The van der Waals surface area contributed by atoms with E-state index in [-0.39, 0.29) is 18.9 Å². The van der Waals surface area contributed by atoms with Gasteiger partial charge in [0.15, 0.2) is 18.9 Å². The molecule has 3 fully saturated rings. The van der Waals surface area contributed by atoms with E-state index in [1.807, 2.05) is 6.08 Å². The van der Waals surface area contributed by atoms with E-state index in [2.05, 4.69) is 55.6 Å². The summed E-state index contributed by atoms with van der Waals surface area (Å²) in [6.07, 6.45) is 37.7.